The van der Waals surface area contributed by atoms with E-state index in [4.69, 9.17) is 14.2 Å². The van der Waals surface area contributed by atoms with Gasteiger partial charge in [-0.2, -0.15) is 0 Å². The van der Waals surface area contributed by atoms with Crippen molar-refractivity contribution in [2.45, 2.75) is 37.6 Å². The number of ether oxygens (including phenoxy) is 3. The molecule has 1 amide bonds. The van der Waals surface area contributed by atoms with Gasteiger partial charge < -0.3 is 40.0 Å². The number of esters is 1. The first-order valence-electron chi connectivity index (χ1n) is 6.85. The van der Waals surface area contributed by atoms with Gasteiger partial charge in [0.25, 0.3) is 0 Å². The van der Waals surface area contributed by atoms with Crippen LogP contribution in [-0.2, 0) is 19.0 Å². The lowest BCUT2D eigenvalue weighted by Crippen LogP contribution is -2.58. The van der Waals surface area contributed by atoms with Crippen LogP contribution >= 0.6 is 0 Å². The van der Waals surface area contributed by atoms with E-state index in [0.717, 1.165) is 0 Å². The number of hydrogen-bond donors (Lipinski definition) is 5. The summed E-state index contributed by atoms with van der Waals surface area (Å²) in [5.74, 6) is -0.583. The predicted molar refractivity (Wildman–Crippen MR) is 74.0 cm³/mol. The summed E-state index contributed by atoms with van der Waals surface area (Å²) < 4.78 is 14.3. The van der Waals surface area contributed by atoms with E-state index in [-0.39, 0.29) is 18.7 Å². The fourth-order valence-corrected chi connectivity index (χ4v) is 1.70. The van der Waals surface area contributed by atoms with Crippen LogP contribution in [0.15, 0.2) is 12.2 Å². The number of rotatable bonds is 6. The molecule has 0 aromatic carbocycles. The van der Waals surface area contributed by atoms with Crippen LogP contribution in [0.3, 0.4) is 0 Å². The second kappa shape index (κ2) is 8.79. The Hall–Kier alpha value is -1.72. The molecule has 0 aliphatic carbocycles. The Kier molecular flexibility index (Phi) is 7.39. The lowest BCUT2D eigenvalue weighted by Gasteiger charge is -2.37. The maximum atomic E-state index is 11.4. The van der Waals surface area contributed by atoms with E-state index in [2.05, 4.69) is 11.9 Å². The van der Waals surface area contributed by atoms with Crippen molar-refractivity contribution in [2.75, 3.05) is 19.8 Å². The third kappa shape index (κ3) is 5.77. The zero-order valence-corrected chi connectivity index (χ0v) is 12.5. The van der Waals surface area contributed by atoms with Gasteiger partial charge in [-0.3, -0.25) is 0 Å². The summed E-state index contributed by atoms with van der Waals surface area (Å²) in [5.41, 5.74) is 0.232. The van der Waals surface area contributed by atoms with E-state index in [1.54, 1.807) is 0 Å². The number of alkyl carbamates (subject to hydrolysis) is 1. The van der Waals surface area contributed by atoms with Crippen molar-refractivity contribution in [2.24, 2.45) is 0 Å². The number of carbonyl (C=O) groups excluding carboxylic acids is 2. The van der Waals surface area contributed by atoms with E-state index >= 15 is 0 Å². The van der Waals surface area contributed by atoms with Crippen LogP contribution in [0.1, 0.15) is 6.92 Å². The number of amides is 1. The molecule has 0 aromatic rings. The van der Waals surface area contributed by atoms with E-state index < -0.39 is 49.4 Å². The van der Waals surface area contributed by atoms with Crippen molar-refractivity contribution in [3.63, 3.8) is 0 Å². The topological polar surface area (TPSA) is 155 Å². The minimum absolute atomic E-state index is 0.00407. The molecule has 5 N–H and O–H groups in total. The Labute approximate surface area is 132 Å². The summed E-state index contributed by atoms with van der Waals surface area (Å²) in [6, 6.07) is 0. The normalized spacial score (nSPS) is 30.4. The van der Waals surface area contributed by atoms with Crippen molar-refractivity contribution in [3.05, 3.63) is 12.2 Å². The molecule has 1 rings (SSSR count). The minimum atomic E-state index is -1.70. The van der Waals surface area contributed by atoms with Gasteiger partial charge in [0.05, 0.1) is 6.54 Å². The number of aliphatic hydroxyl groups is 4. The molecular weight excluding hydrogens is 314 g/mol. The maximum Gasteiger partial charge on any atom is 0.407 e. The predicted octanol–water partition coefficient (Wildman–Crippen LogP) is -2.37. The van der Waals surface area contributed by atoms with Crippen LogP contribution in [0.2, 0.25) is 0 Å². The Morgan fingerprint density at radius 2 is 1.78 bits per heavy atom. The molecule has 10 nitrogen and oxygen atoms in total. The van der Waals surface area contributed by atoms with Crippen molar-refractivity contribution in [1.82, 2.24) is 5.32 Å². The van der Waals surface area contributed by atoms with Gasteiger partial charge in [0.2, 0.25) is 0 Å². The lowest BCUT2D eigenvalue weighted by atomic mass is 9.99. The van der Waals surface area contributed by atoms with Crippen LogP contribution < -0.4 is 5.32 Å². The van der Waals surface area contributed by atoms with Gasteiger partial charge in [0.1, 0.15) is 37.6 Å². The number of carbonyl (C=O) groups is 2. The first kappa shape index (κ1) is 19.3. The molecule has 1 saturated heterocycles. The van der Waals surface area contributed by atoms with Gasteiger partial charge in [0.15, 0.2) is 6.29 Å². The summed E-state index contributed by atoms with van der Waals surface area (Å²) in [5, 5.41) is 40.0. The Morgan fingerprint density at radius 1 is 1.13 bits per heavy atom. The molecular formula is C13H21NO9. The molecule has 1 fully saturated rings. The second-order valence-electron chi connectivity index (χ2n) is 4.98. The molecule has 0 spiro atoms. The Bertz CT molecular complexity index is 441. The summed E-state index contributed by atoms with van der Waals surface area (Å²) in [6.07, 6.45) is -8.59. The SMILES string of the molecule is C=C(C)C(=O)OCCNC(=O)OC[C@H]1O[C@@H](O)[C@H](O)[C@@H](O)[C@@H]1O. The molecule has 1 aliphatic rings. The third-order valence-electron chi connectivity index (χ3n) is 3.02. The summed E-state index contributed by atoms with van der Waals surface area (Å²) >= 11 is 0. The van der Waals surface area contributed by atoms with Crippen molar-refractivity contribution in [1.29, 1.82) is 0 Å². The van der Waals surface area contributed by atoms with E-state index in [1.165, 1.54) is 6.92 Å². The molecule has 1 aliphatic heterocycles. The van der Waals surface area contributed by atoms with Crippen molar-refractivity contribution < 1.29 is 44.2 Å². The summed E-state index contributed by atoms with van der Waals surface area (Å²) in [7, 11) is 0. The Morgan fingerprint density at radius 3 is 2.39 bits per heavy atom. The average Bonchev–Trinajstić information content (AvgIpc) is 2.51. The highest BCUT2D eigenvalue weighted by molar-refractivity contribution is 5.86. The molecule has 0 bridgehead atoms. The molecule has 23 heavy (non-hydrogen) atoms. The van der Waals surface area contributed by atoms with E-state index in [1.807, 2.05) is 0 Å². The smallest absolute Gasteiger partial charge is 0.407 e. The number of aliphatic hydroxyl groups excluding tert-OH is 4. The van der Waals surface area contributed by atoms with Crippen molar-refractivity contribution in [3.8, 4) is 0 Å². The van der Waals surface area contributed by atoms with Gasteiger partial charge in [-0.1, -0.05) is 6.58 Å². The van der Waals surface area contributed by atoms with Gasteiger partial charge in [-0.25, -0.2) is 9.59 Å². The van der Waals surface area contributed by atoms with Gasteiger partial charge >= 0.3 is 12.1 Å². The fourth-order valence-electron chi connectivity index (χ4n) is 1.70. The van der Waals surface area contributed by atoms with Crippen LogP contribution in [0.4, 0.5) is 4.79 Å². The molecule has 5 atom stereocenters. The van der Waals surface area contributed by atoms with Crippen LogP contribution in [0, 0.1) is 0 Å². The van der Waals surface area contributed by atoms with Gasteiger partial charge in [0, 0.05) is 5.57 Å². The zero-order chi connectivity index (χ0) is 17.6. The first-order chi connectivity index (χ1) is 10.7. The maximum absolute atomic E-state index is 11.4. The zero-order valence-electron chi connectivity index (χ0n) is 12.5. The number of hydrogen-bond acceptors (Lipinski definition) is 9. The molecule has 0 unspecified atom stereocenters. The van der Waals surface area contributed by atoms with Crippen molar-refractivity contribution >= 4 is 12.1 Å². The fraction of sp³-hybridized carbons (Fsp3) is 0.692. The monoisotopic (exact) mass is 335 g/mol. The van der Waals surface area contributed by atoms with E-state index in [0.29, 0.717) is 0 Å². The highest BCUT2D eigenvalue weighted by Crippen LogP contribution is 2.19. The highest BCUT2D eigenvalue weighted by atomic mass is 16.7. The second-order valence-corrected chi connectivity index (χ2v) is 4.98. The summed E-state index contributed by atoms with van der Waals surface area (Å²) in [4.78, 5) is 22.5. The molecule has 1 heterocycles. The first-order valence-corrected chi connectivity index (χ1v) is 6.85. The molecule has 132 valence electrons. The summed E-state index contributed by atoms with van der Waals surface area (Å²) in [6.45, 7) is 4.34. The van der Waals surface area contributed by atoms with E-state index in [9.17, 15) is 30.0 Å². The molecule has 0 radical (unpaired) electrons. The largest absolute Gasteiger partial charge is 0.460 e. The third-order valence-corrected chi connectivity index (χ3v) is 3.02. The standard InChI is InChI=1S/C13H21NO9/c1-6(2)11(18)21-4-3-14-13(20)22-5-7-8(15)9(16)10(17)12(19)23-7/h7-10,12,15-17,19H,1,3-5H2,2H3,(H,14,20)/t7-,8-,9+,10-,12-/m1/s1. The Balaban J connectivity index is 2.25. The molecule has 0 aromatic heterocycles. The quantitative estimate of drug-likeness (QED) is 0.203. The van der Waals surface area contributed by atoms with Crippen LogP contribution in [0.25, 0.3) is 0 Å². The highest BCUT2D eigenvalue weighted by Gasteiger charge is 2.43. The van der Waals surface area contributed by atoms with Gasteiger partial charge in [-0.05, 0) is 6.92 Å². The van der Waals surface area contributed by atoms with Crippen LogP contribution in [-0.4, -0.2) is 83.0 Å². The minimum Gasteiger partial charge on any atom is -0.460 e. The van der Waals surface area contributed by atoms with Crippen LogP contribution in [0.5, 0.6) is 0 Å². The van der Waals surface area contributed by atoms with Gasteiger partial charge in [-0.15, -0.1) is 0 Å². The lowest BCUT2D eigenvalue weighted by molar-refractivity contribution is -0.286. The number of nitrogens with one attached hydrogen (secondary N) is 1. The molecule has 10 heteroatoms. The average molecular weight is 335 g/mol. The molecule has 0 saturated carbocycles.